The van der Waals surface area contributed by atoms with Crippen molar-refractivity contribution in [1.29, 1.82) is 0 Å². The van der Waals surface area contributed by atoms with Gasteiger partial charge >= 0.3 is 0 Å². The monoisotopic (exact) mass is 332 g/mol. The smallest absolute Gasteiger partial charge is 0.187 e. The molecule has 0 aromatic heterocycles. The highest BCUT2D eigenvalue weighted by Gasteiger charge is 2.14. The Labute approximate surface area is 140 Å². The van der Waals surface area contributed by atoms with Gasteiger partial charge in [0.15, 0.2) is 17.3 Å². The Morgan fingerprint density at radius 1 is 0.957 bits per heavy atom. The van der Waals surface area contributed by atoms with Crippen LogP contribution in [0.5, 0.6) is 17.2 Å². The van der Waals surface area contributed by atoms with E-state index in [1.807, 2.05) is 24.3 Å². The van der Waals surface area contributed by atoms with E-state index < -0.39 is 0 Å². The number of allylic oxidation sites excluding steroid dienone is 1. The molecule has 2 rings (SSSR count). The Kier molecular flexibility index (Phi) is 5.66. The zero-order valence-corrected chi connectivity index (χ0v) is 13.9. The highest BCUT2D eigenvalue weighted by atomic mass is 35.5. The lowest BCUT2D eigenvalue weighted by molar-refractivity contribution is 0.104. The van der Waals surface area contributed by atoms with Crippen molar-refractivity contribution in [1.82, 2.24) is 0 Å². The lowest BCUT2D eigenvalue weighted by atomic mass is 10.1. The number of methoxy groups -OCH3 is 3. The summed E-state index contributed by atoms with van der Waals surface area (Å²) < 4.78 is 15.4. The summed E-state index contributed by atoms with van der Waals surface area (Å²) in [6, 6.07) is 10.5. The van der Waals surface area contributed by atoms with E-state index in [9.17, 15) is 4.79 Å². The highest BCUT2D eigenvalue weighted by molar-refractivity contribution is 6.35. The summed E-state index contributed by atoms with van der Waals surface area (Å²) in [6.45, 7) is 0. The largest absolute Gasteiger partial charge is 0.497 e. The molecule has 5 heteroatoms. The molecule has 23 heavy (non-hydrogen) atoms. The van der Waals surface area contributed by atoms with Gasteiger partial charge in [-0.25, -0.2) is 0 Å². The van der Waals surface area contributed by atoms with Crippen LogP contribution in [0.1, 0.15) is 15.9 Å². The van der Waals surface area contributed by atoms with Gasteiger partial charge in [-0.1, -0.05) is 29.8 Å². The summed E-state index contributed by atoms with van der Waals surface area (Å²) in [6.07, 6.45) is 3.18. The van der Waals surface area contributed by atoms with E-state index in [4.69, 9.17) is 25.8 Å². The Bertz CT molecular complexity index is 721. The number of carbonyl (C=O) groups is 1. The van der Waals surface area contributed by atoms with Crippen molar-refractivity contribution in [2.45, 2.75) is 0 Å². The van der Waals surface area contributed by atoms with Crippen molar-refractivity contribution >= 4 is 23.5 Å². The molecule has 0 bridgehead atoms. The average molecular weight is 333 g/mol. The van der Waals surface area contributed by atoms with Crippen molar-refractivity contribution in [2.75, 3.05) is 21.3 Å². The second kappa shape index (κ2) is 7.70. The number of benzene rings is 2. The number of halogens is 1. The fourth-order valence-electron chi connectivity index (χ4n) is 2.02. The van der Waals surface area contributed by atoms with Crippen LogP contribution in [-0.2, 0) is 0 Å². The first-order chi connectivity index (χ1) is 11.1. The van der Waals surface area contributed by atoms with E-state index in [0.717, 1.165) is 11.3 Å². The molecule has 0 N–H and O–H groups in total. The molecule has 0 saturated carbocycles. The Morgan fingerprint density at radius 3 is 2.13 bits per heavy atom. The molecule has 120 valence electrons. The number of carbonyl (C=O) groups excluding carboxylic acids is 1. The topological polar surface area (TPSA) is 44.8 Å². The van der Waals surface area contributed by atoms with Crippen molar-refractivity contribution in [3.63, 3.8) is 0 Å². The summed E-state index contributed by atoms with van der Waals surface area (Å²) >= 11 is 6.15. The Morgan fingerprint density at radius 2 is 1.57 bits per heavy atom. The molecule has 0 aliphatic rings. The van der Waals surface area contributed by atoms with E-state index >= 15 is 0 Å². The van der Waals surface area contributed by atoms with E-state index in [-0.39, 0.29) is 5.78 Å². The van der Waals surface area contributed by atoms with Crippen LogP contribution >= 0.6 is 11.6 Å². The van der Waals surface area contributed by atoms with Gasteiger partial charge in [-0.2, -0.15) is 0 Å². The van der Waals surface area contributed by atoms with Crippen LogP contribution in [0.2, 0.25) is 5.02 Å². The summed E-state index contributed by atoms with van der Waals surface area (Å²) in [5.41, 5.74) is 1.24. The minimum Gasteiger partial charge on any atom is -0.497 e. The van der Waals surface area contributed by atoms with Crippen molar-refractivity contribution < 1.29 is 19.0 Å². The number of ether oxygens (including phenoxy) is 3. The third-order valence-corrected chi connectivity index (χ3v) is 3.59. The zero-order valence-electron chi connectivity index (χ0n) is 13.1. The number of hydrogen-bond donors (Lipinski definition) is 0. The van der Waals surface area contributed by atoms with Gasteiger partial charge in [0.2, 0.25) is 0 Å². The molecule has 0 aliphatic carbocycles. The lowest BCUT2D eigenvalue weighted by Gasteiger charge is -2.10. The van der Waals surface area contributed by atoms with Gasteiger partial charge in [0.1, 0.15) is 5.75 Å². The van der Waals surface area contributed by atoms with Crippen molar-refractivity contribution in [3.05, 3.63) is 58.6 Å². The summed E-state index contributed by atoms with van der Waals surface area (Å²) in [5, 5.41) is 0.312. The molecule has 0 amide bonds. The molecular formula is C18H17ClO4. The van der Waals surface area contributed by atoms with Gasteiger partial charge < -0.3 is 14.2 Å². The highest BCUT2D eigenvalue weighted by Crippen LogP contribution is 2.33. The third-order valence-electron chi connectivity index (χ3n) is 3.28. The predicted molar refractivity (Wildman–Crippen MR) is 90.9 cm³/mol. The Hall–Kier alpha value is -2.46. The maximum Gasteiger partial charge on any atom is 0.187 e. The number of ketones is 1. The molecule has 0 heterocycles. The molecule has 0 aliphatic heterocycles. The molecular weight excluding hydrogens is 316 g/mol. The van der Waals surface area contributed by atoms with Gasteiger partial charge in [0.25, 0.3) is 0 Å². The first kappa shape index (κ1) is 16.9. The molecule has 0 saturated heterocycles. The summed E-state index contributed by atoms with van der Waals surface area (Å²) in [4.78, 5) is 12.3. The average Bonchev–Trinajstić information content (AvgIpc) is 2.59. The maximum atomic E-state index is 12.3. The molecule has 2 aromatic carbocycles. The molecule has 4 nitrogen and oxygen atoms in total. The standard InChI is InChI=1S/C18H17ClO4/c1-21-13-7-4-12(5-8-13)6-9-16(20)14-10-17(22-2)18(23-3)11-15(14)19/h4-11H,1-3H3/b9-6+. The van der Waals surface area contributed by atoms with Crippen LogP contribution in [0.25, 0.3) is 6.08 Å². The molecule has 0 atom stereocenters. The predicted octanol–water partition coefficient (Wildman–Crippen LogP) is 4.26. The van der Waals surface area contributed by atoms with Gasteiger partial charge in [-0.15, -0.1) is 0 Å². The van der Waals surface area contributed by atoms with Crippen LogP contribution in [0.3, 0.4) is 0 Å². The fraction of sp³-hybridized carbons (Fsp3) is 0.167. The van der Waals surface area contributed by atoms with E-state index in [0.29, 0.717) is 22.1 Å². The summed E-state index contributed by atoms with van der Waals surface area (Å²) in [7, 11) is 4.62. The molecule has 0 unspecified atom stereocenters. The second-order valence-corrected chi connectivity index (χ2v) is 5.06. The summed E-state index contributed by atoms with van der Waals surface area (Å²) in [5.74, 6) is 1.48. The van der Waals surface area contributed by atoms with E-state index in [1.54, 1.807) is 25.3 Å². The van der Waals surface area contributed by atoms with Crippen molar-refractivity contribution in [3.8, 4) is 17.2 Å². The molecule has 0 fully saturated rings. The maximum absolute atomic E-state index is 12.3. The SMILES string of the molecule is COc1ccc(/C=C/C(=O)c2cc(OC)c(OC)cc2Cl)cc1. The minimum absolute atomic E-state index is 0.216. The fourth-order valence-corrected chi connectivity index (χ4v) is 2.27. The van der Waals surface area contributed by atoms with Crippen LogP contribution in [0.4, 0.5) is 0 Å². The van der Waals surface area contributed by atoms with E-state index in [2.05, 4.69) is 0 Å². The lowest BCUT2D eigenvalue weighted by Crippen LogP contribution is -1.99. The van der Waals surface area contributed by atoms with Gasteiger partial charge in [0, 0.05) is 11.6 Å². The second-order valence-electron chi connectivity index (χ2n) is 4.66. The first-order valence-corrected chi connectivity index (χ1v) is 7.24. The number of hydrogen-bond acceptors (Lipinski definition) is 4. The number of rotatable bonds is 6. The normalized spacial score (nSPS) is 10.6. The minimum atomic E-state index is -0.216. The molecule has 0 spiro atoms. The first-order valence-electron chi connectivity index (χ1n) is 6.87. The quantitative estimate of drug-likeness (QED) is 0.585. The zero-order chi connectivity index (χ0) is 16.8. The molecule has 2 aromatic rings. The van der Waals surface area contributed by atoms with Crippen molar-refractivity contribution in [2.24, 2.45) is 0 Å². The Balaban J connectivity index is 2.24. The van der Waals surface area contributed by atoms with Crippen LogP contribution in [0.15, 0.2) is 42.5 Å². The van der Waals surface area contributed by atoms with Crippen LogP contribution in [-0.4, -0.2) is 27.1 Å². The molecule has 0 radical (unpaired) electrons. The third kappa shape index (κ3) is 4.05. The van der Waals surface area contributed by atoms with Gasteiger partial charge in [-0.3, -0.25) is 4.79 Å². The van der Waals surface area contributed by atoms with Gasteiger partial charge in [0.05, 0.1) is 26.4 Å². The van der Waals surface area contributed by atoms with Crippen LogP contribution in [0, 0.1) is 0 Å². The van der Waals surface area contributed by atoms with E-state index in [1.165, 1.54) is 20.3 Å². The van der Waals surface area contributed by atoms with Crippen LogP contribution < -0.4 is 14.2 Å². The van der Waals surface area contributed by atoms with Gasteiger partial charge in [-0.05, 0) is 29.8 Å².